The second-order valence-electron chi connectivity index (χ2n) is 4.73. The number of aromatic nitrogens is 1. The Bertz CT molecular complexity index is 840. The number of oxazole rings is 1. The normalized spacial score (nSPS) is 12.3. The van der Waals surface area contributed by atoms with Gasteiger partial charge in [0, 0.05) is 0 Å². The molecule has 4 nitrogen and oxygen atoms in total. The van der Waals surface area contributed by atoms with Crippen molar-refractivity contribution in [1.82, 2.24) is 4.98 Å². The monoisotopic (exact) mass is 288 g/mol. The van der Waals surface area contributed by atoms with E-state index in [-0.39, 0.29) is 11.7 Å². The first-order valence-corrected chi connectivity index (χ1v) is 6.80. The molecular formula is C18H12N2O2. The molecule has 22 heavy (non-hydrogen) atoms. The molecule has 1 aromatic heterocycles. The van der Waals surface area contributed by atoms with E-state index in [4.69, 9.17) is 4.42 Å². The lowest BCUT2D eigenvalue weighted by Crippen LogP contribution is -2.08. The highest BCUT2D eigenvalue weighted by Crippen LogP contribution is 2.22. The summed E-state index contributed by atoms with van der Waals surface area (Å²) in [5.74, 6) is -1.25. The van der Waals surface area contributed by atoms with Gasteiger partial charge in [-0.2, -0.15) is 5.26 Å². The van der Waals surface area contributed by atoms with E-state index in [1.807, 2.05) is 48.5 Å². The summed E-state index contributed by atoms with van der Waals surface area (Å²) in [6.45, 7) is 0. The van der Waals surface area contributed by atoms with E-state index in [0.29, 0.717) is 11.1 Å². The van der Waals surface area contributed by atoms with Crippen molar-refractivity contribution in [1.29, 1.82) is 5.26 Å². The van der Waals surface area contributed by atoms with E-state index in [1.54, 1.807) is 18.2 Å². The maximum Gasteiger partial charge on any atom is 0.220 e. The van der Waals surface area contributed by atoms with Crippen LogP contribution in [0.25, 0.3) is 17.2 Å². The molecule has 0 aliphatic carbocycles. The molecule has 1 unspecified atom stereocenters. The van der Waals surface area contributed by atoms with Gasteiger partial charge in [-0.3, -0.25) is 4.79 Å². The van der Waals surface area contributed by atoms with Crippen molar-refractivity contribution in [2.45, 2.75) is 5.92 Å². The number of ketones is 1. The molecule has 0 saturated heterocycles. The van der Waals surface area contributed by atoms with Crippen molar-refractivity contribution in [3.63, 3.8) is 0 Å². The molecule has 0 bridgehead atoms. The van der Waals surface area contributed by atoms with Crippen LogP contribution in [-0.2, 0) is 4.79 Å². The molecule has 1 heterocycles. The predicted molar refractivity (Wildman–Crippen MR) is 82.8 cm³/mol. The largest absolute Gasteiger partial charge is 0.439 e. The molecule has 3 aromatic rings. The molecule has 106 valence electrons. The molecule has 3 rings (SSSR count). The van der Waals surface area contributed by atoms with Crippen LogP contribution in [0.15, 0.2) is 65.1 Å². The Morgan fingerprint density at radius 1 is 1.14 bits per heavy atom. The SMILES string of the molecule is N#CC(C(=O)/C=C/c1ccccc1)c1nc2ccccc2o1. The molecule has 0 spiro atoms. The quantitative estimate of drug-likeness (QED) is 0.686. The Kier molecular flexibility index (Phi) is 3.80. The second-order valence-corrected chi connectivity index (χ2v) is 4.73. The molecule has 0 N–H and O–H groups in total. The average molecular weight is 288 g/mol. The van der Waals surface area contributed by atoms with E-state index >= 15 is 0 Å². The first-order valence-electron chi connectivity index (χ1n) is 6.80. The van der Waals surface area contributed by atoms with Crippen molar-refractivity contribution in [2.75, 3.05) is 0 Å². The lowest BCUT2D eigenvalue weighted by atomic mass is 10.0. The summed E-state index contributed by atoms with van der Waals surface area (Å²) >= 11 is 0. The first-order chi connectivity index (χ1) is 10.8. The molecule has 0 radical (unpaired) electrons. The highest BCUT2D eigenvalue weighted by molar-refractivity contribution is 6.00. The summed E-state index contributed by atoms with van der Waals surface area (Å²) in [7, 11) is 0. The highest BCUT2D eigenvalue weighted by Gasteiger charge is 2.23. The lowest BCUT2D eigenvalue weighted by Gasteiger charge is -1.99. The Balaban J connectivity index is 1.86. The van der Waals surface area contributed by atoms with Crippen LogP contribution < -0.4 is 0 Å². The number of nitrogens with zero attached hydrogens (tertiary/aromatic N) is 2. The summed E-state index contributed by atoms with van der Waals surface area (Å²) in [4.78, 5) is 16.4. The topological polar surface area (TPSA) is 66.9 Å². The van der Waals surface area contributed by atoms with E-state index in [1.165, 1.54) is 6.08 Å². The van der Waals surface area contributed by atoms with Gasteiger partial charge in [-0.1, -0.05) is 48.5 Å². The van der Waals surface area contributed by atoms with E-state index in [2.05, 4.69) is 4.98 Å². The van der Waals surface area contributed by atoms with Crippen LogP contribution in [-0.4, -0.2) is 10.8 Å². The first kappa shape index (κ1) is 13.8. The summed E-state index contributed by atoms with van der Waals surface area (Å²) in [5, 5.41) is 9.27. The number of rotatable bonds is 4. The molecular weight excluding hydrogens is 276 g/mol. The lowest BCUT2D eigenvalue weighted by molar-refractivity contribution is -0.115. The van der Waals surface area contributed by atoms with Gasteiger partial charge in [-0.05, 0) is 23.8 Å². The number of allylic oxidation sites excluding steroid dienone is 1. The number of benzene rings is 2. The van der Waals surface area contributed by atoms with Crippen molar-refractivity contribution in [3.8, 4) is 6.07 Å². The van der Waals surface area contributed by atoms with Crippen molar-refractivity contribution in [3.05, 3.63) is 72.1 Å². The number of carbonyl (C=O) groups is 1. The average Bonchev–Trinajstić information content (AvgIpc) is 2.98. The van der Waals surface area contributed by atoms with Crippen LogP contribution in [0, 0.1) is 11.3 Å². The molecule has 0 saturated carbocycles. The van der Waals surface area contributed by atoms with Crippen LogP contribution in [0.1, 0.15) is 17.4 Å². The minimum absolute atomic E-state index is 0.131. The number of hydrogen-bond donors (Lipinski definition) is 0. The molecule has 2 aromatic carbocycles. The van der Waals surface area contributed by atoms with Gasteiger partial charge >= 0.3 is 0 Å². The molecule has 0 aliphatic heterocycles. The molecule has 0 amide bonds. The zero-order valence-corrected chi connectivity index (χ0v) is 11.6. The fourth-order valence-corrected chi connectivity index (χ4v) is 2.09. The van der Waals surface area contributed by atoms with E-state index < -0.39 is 5.92 Å². The van der Waals surface area contributed by atoms with Gasteiger partial charge in [0.1, 0.15) is 5.52 Å². The smallest absolute Gasteiger partial charge is 0.220 e. The fourth-order valence-electron chi connectivity index (χ4n) is 2.09. The third-order valence-corrected chi connectivity index (χ3v) is 3.21. The second kappa shape index (κ2) is 6.06. The van der Waals surface area contributed by atoms with Crippen LogP contribution in [0.4, 0.5) is 0 Å². The van der Waals surface area contributed by atoms with Gasteiger partial charge in [0.2, 0.25) is 5.89 Å². The van der Waals surface area contributed by atoms with Gasteiger partial charge in [0.15, 0.2) is 17.3 Å². The molecule has 0 aliphatic rings. The Morgan fingerprint density at radius 3 is 2.59 bits per heavy atom. The van der Waals surface area contributed by atoms with Crippen LogP contribution in [0.5, 0.6) is 0 Å². The molecule has 0 fully saturated rings. The van der Waals surface area contributed by atoms with E-state index in [9.17, 15) is 10.1 Å². The summed E-state index contributed by atoms with van der Waals surface area (Å²) < 4.78 is 5.51. The van der Waals surface area contributed by atoms with Crippen LogP contribution >= 0.6 is 0 Å². The van der Waals surface area contributed by atoms with Crippen molar-refractivity contribution >= 4 is 23.0 Å². The number of fused-ring (bicyclic) bond motifs is 1. The van der Waals surface area contributed by atoms with Crippen LogP contribution in [0.2, 0.25) is 0 Å². The molecule has 4 heteroatoms. The standard InChI is InChI=1S/C18H12N2O2/c19-12-14(16(21)11-10-13-6-2-1-3-7-13)18-20-15-8-4-5-9-17(15)22-18/h1-11,14H/b11-10+. The van der Waals surface area contributed by atoms with Crippen molar-refractivity contribution in [2.24, 2.45) is 0 Å². The van der Waals surface area contributed by atoms with Gasteiger partial charge in [-0.15, -0.1) is 0 Å². The van der Waals surface area contributed by atoms with Gasteiger partial charge < -0.3 is 4.42 Å². The third-order valence-electron chi connectivity index (χ3n) is 3.21. The summed E-state index contributed by atoms with van der Waals surface area (Å²) in [5.41, 5.74) is 2.10. The summed E-state index contributed by atoms with van der Waals surface area (Å²) in [6, 6.07) is 18.6. The number of para-hydroxylation sites is 2. The Morgan fingerprint density at radius 2 is 1.86 bits per heavy atom. The van der Waals surface area contributed by atoms with E-state index in [0.717, 1.165) is 5.56 Å². The van der Waals surface area contributed by atoms with Crippen molar-refractivity contribution < 1.29 is 9.21 Å². The minimum Gasteiger partial charge on any atom is -0.439 e. The number of carbonyl (C=O) groups excluding carboxylic acids is 1. The zero-order chi connectivity index (χ0) is 15.4. The maximum absolute atomic E-state index is 12.2. The predicted octanol–water partition coefficient (Wildman–Crippen LogP) is 3.72. The zero-order valence-electron chi connectivity index (χ0n) is 11.6. The number of nitriles is 1. The van der Waals surface area contributed by atoms with Crippen LogP contribution in [0.3, 0.4) is 0 Å². The van der Waals surface area contributed by atoms with Gasteiger partial charge in [0.05, 0.1) is 6.07 Å². The molecule has 1 atom stereocenters. The fraction of sp³-hybridized carbons (Fsp3) is 0.0556. The Labute approximate surface area is 127 Å². The highest BCUT2D eigenvalue weighted by atomic mass is 16.3. The number of hydrogen-bond acceptors (Lipinski definition) is 4. The van der Waals surface area contributed by atoms with Gasteiger partial charge in [0.25, 0.3) is 0 Å². The maximum atomic E-state index is 12.2. The minimum atomic E-state index is -1.03. The summed E-state index contributed by atoms with van der Waals surface area (Å²) in [6.07, 6.45) is 3.06. The van der Waals surface area contributed by atoms with Gasteiger partial charge in [-0.25, -0.2) is 4.98 Å². The Hall–Kier alpha value is -3.19. The third kappa shape index (κ3) is 2.79.